The molecule has 0 unspecified atom stereocenters. The first-order valence-electron chi connectivity index (χ1n) is 12.7. The number of hydrogen-bond acceptors (Lipinski definition) is 3. The number of halogens is 2. The normalized spacial score (nSPS) is 16.6. The maximum absolute atomic E-state index is 15.9. The van der Waals surface area contributed by atoms with E-state index in [2.05, 4.69) is 26.1 Å². The molecule has 34 heavy (non-hydrogen) atoms. The molecule has 1 aromatic rings. The fraction of sp³-hybridized carbons (Fsp3) is 0.615. The number of hydrogen-bond donors (Lipinski definition) is 1. The Kier molecular flexibility index (Phi) is 11.8. The summed E-state index contributed by atoms with van der Waals surface area (Å²) in [6.07, 6.45) is 6.58. The number of carbonyl (C=O) groups is 2. The van der Waals surface area contributed by atoms with E-state index in [9.17, 15) is 9.59 Å². The SMILES string of the molecule is CCC[CH2][Sn]([CH2]CCC)([CH2]CCC)/[C](F)=C/c1ccc(N2C[C@H](CNC(C)=O)OC2=O)cc1F. The number of anilines is 1. The second-order valence-corrected chi connectivity index (χ2v) is 22.3. The Morgan fingerprint density at radius 3 is 2.24 bits per heavy atom. The number of rotatable bonds is 14. The number of cyclic esters (lactones) is 1. The third kappa shape index (κ3) is 7.95. The van der Waals surface area contributed by atoms with Gasteiger partial charge in [-0.3, -0.25) is 4.79 Å². The third-order valence-electron chi connectivity index (χ3n) is 6.56. The predicted octanol–water partition coefficient (Wildman–Crippen LogP) is 6.99. The molecule has 1 saturated heterocycles. The van der Waals surface area contributed by atoms with Crippen LogP contribution < -0.4 is 10.2 Å². The van der Waals surface area contributed by atoms with Crippen LogP contribution in [0.4, 0.5) is 19.3 Å². The van der Waals surface area contributed by atoms with Gasteiger partial charge >= 0.3 is 196 Å². The number of unbranched alkanes of at least 4 members (excludes halogenated alkanes) is 3. The molecule has 0 radical (unpaired) electrons. The topological polar surface area (TPSA) is 58.6 Å². The Balaban J connectivity index is 2.26. The summed E-state index contributed by atoms with van der Waals surface area (Å²) in [5.74, 6) is -0.760. The van der Waals surface area contributed by atoms with Crippen molar-refractivity contribution in [1.29, 1.82) is 0 Å². The Bertz CT molecular complexity index is 841. The molecular formula is C26H40F2N2O3Sn. The number of benzene rings is 1. The van der Waals surface area contributed by atoms with Crippen molar-refractivity contribution >= 4 is 42.1 Å². The van der Waals surface area contributed by atoms with Gasteiger partial charge in [-0.15, -0.1) is 0 Å². The molecule has 2 amide bonds. The molecule has 0 saturated carbocycles. The Morgan fingerprint density at radius 2 is 1.74 bits per heavy atom. The van der Waals surface area contributed by atoms with Crippen molar-refractivity contribution in [3.8, 4) is 0 Å². The minimum absolute atomic E-state index is 0.0350. The molecule has 5 nitrogen and oxygen atoms in total. The first kappa shape index (κ1) is 28.6. The van der Waals surface area contributed by atoms with E-state index in [1.807, 2.05) is 0 Å². The summed E-state index contributed by atoms with van der Waals surface area (Å²) in [6, 6.07) is 4.45. The first-order chi connectivity index (χ1) is 16.3. The molecule has 1 aliphatic heterocycles. The van der Waals surface area contributed by atoms with E-state index in [1.54, 1.807) is 12.1 Å². The molecule has 1 fully saturated rings. The van der Waals surface area contributed by atoms with Gasteiger partial charge in [0.25, 0.3) is 0 Å². The van der Waals surface area contributed by atoms with Gasteiger partial charge in [0.15, 0.2) is 0 Å². The van der Waals surface area contributed by atoms with Gasteiger partial charge in [0.1, 0.15) is 0 Å². The summed E-state index contributed by atoms with van der Waals surface area (Å²) < 4.78 is 39.1. The summed E-state index contributed by atoms with van der Waals surface area (Å²) in [5, 5.41) is 2.62. The van der Waals surface area contributed by atoms with Crippen LogP contribution in [0, 0.1) is 5.82 Å². The van der Waals surface area contributed by atoms with Crippen molar-refractivity contribution in [2.45, 2.75) is 85.6 Å². The van der Waals surface area contributed by atoms with E-state index >= 15 is 8.78 Å². The van der Waals surface area contributed by atoms with Crippen LogP contribution in [-0.2, 0) is 9.53 Å². The van der Waals surface area contributed by atoms with Crippen LogP contribution in [0.5, 0.6) is 0 Å². The Hall–Kier alpha value is -1.64. The third-order valence-corrected chi connectivity index (χ3v) is 21.1. The van der Waals surface area contributed by atoms with Gasteiger partial charge in [0.05, 0.1) is 0 Å². The molecule has 190 valence electrons. The monoisotopic (exact) mass is 586 g/mol. The fourth-order valence-corrected chi connectivity index (χ4v) is 18.8. The van der Waals surface area contributed by atoms with Crippen LogP contribution >= 0.6 is 0 Å². The van der Waals surface area contributed by atoms with Crippen LogP contribution in [0.25, 0.3) is 6.08 Å². The van der Waals surface area contributed by atoms with E-state index in [1.165, 1.54) is 24.0 Å². The number of carbonyl (C=O) groups excluding carboxylic acids is 2. The average molecular weight is 585 g/mol. The average Bonchev–Trinajstić information content (AvgIpc) is 3.19. The number of nitrogens with one attached hydrogen (secondary N) is 1. The van der Waals surface area contributed by atoms with E-state index in [0.29, 0.717) is 5.69 Å². The van der Waals surface area contributed by atoms with Gasteiger partial charge in [0, 0.05) is 6.92 Å². The standard InChI is InChI=1S/C14H13F2N2O3.3C4H9.Sn/c1-9(19)17-7-12-8-18(14(20)21-12)11-3-2-10(4-5-15)13(16)6-11;3*1-3-4-2;/h2-4,6,12H,7-8H2,1H3,(H,17,19);3*1,3-4H2,2H3;/t12-;;;;/m0..../s1. The van der Waals surface area contributed by atoms with Crippen molar-refractivity contribution in [3.05, 3.63) is 33.4 Å². The number of ether oxygens (including phenoxy) is 1. The quantitative estimate of drug-likeness (QED) is 0.240. The molecule has 1 heterocycles. The molecular weight excluding hydrogens is 545 g/mol. The van der Waals surface area contributed by atoms with Gasteiger partial charge in [-0.25, -0.2) is 0 Å². The van der Waals surface area contributed by atoms with Gasteiger partial charge in [-0.2, -0.15) is 0 Å². The van der Waals surface area contributed by atoms with Gasteiger partial charge < -0.3 is 0 Å². The molecule has 0 aromatic heterocycles. The van der Waals surface area contributed by atoms with Crippen molar-refractivity contribution in [2.24, 2.45) is 0 Å². The summed E-state index contributed by atoms with van der Waals surface area (Å²) in [4.78, 5) is 24.7. The molecule has 0 aliphatic carbocycles. The zero-order chi connectivity index (χ0) is 25.1. The van der Waals surface area contributed by atoms with Crippen molar-refractivity contribution in [1.82, 2.24) is 5.32 Å². The summed E-state index contributed by atoms with van der Waals surface area (Å²) >= 11 is -3.25. The number of nitrogens with zero attached hydrogens (tertiary/aromatic N) is 1. The van der Waals surface area contributed by atoms with Crippen LogP contribution in [-0.4, -0.2) is 49.6 Å². The van der Waals surface area contributed by atoms with Crippen molar-refractivity contribution in [3.63, 3.8) is 0 Å². The molecule has 8 heteroatoms. The molecule has 2 rings (SSSR count). The zero-order valence-corrected chi connectivity index (χ0v) is 23.9. The number of amides is 2. The van der Waals surface area contributed by atoms with Gasteiger partial charge in [-0.05, 0) is 0 Å². The van der Waals surface area contributed by atoms with Crippen LogP contribution in [0.15, 0.2) is 22.0 Å². The molecule has 1 aromatic carbocycles. The first-order valence-corrected chi connectivity index (χ1v) is 20.1. The summed E-state index contributed by atoms with van der Waals surface area (Å²) in [6.45, 7) is 8.23. The minimum atomic E-state index is -3.25. The van der Waals surface area contributed by atoms with Crippen molar-refractivity contribution < 1.29 is 23.1 Å². The van der Waals surface area contributed by atoms with Crippen LogP contribution in [0.3, 0.4) is 0 Å². The molecule has 1 N–H and O–H groups in total. The predicted molar refractivity (Wildman–Crippen MR) is 137 cm³/mol. The second kappa shape index (κ2) is 14.0. The van der Waals surface area contributed by atoms with Crippen LogP contribution in [0.1, 0.15) is 71.8 Å². The molecule has 1 aliphatic rings. The second-order valence-electron chi connectivity index (χ2n) is 9.34. The van der Waals surface area contributed by atoms with E-state index in [0.717, 1.165) is 51.8 Å². The van der Waals surface area contributed by atoms with Gasteiger partial charge in [0.2, 0.25) is 0 Å². The van der Waals surface area contributed by atoms with E-state index in [-0.39, 0.29) is 28.4 Å². The van der Waals surface area contributed by atoms with E-state index < -0.39 is 36.4 Å². The molecule has 1 atom stereocenters. The Labute approximate surface area is 207 Å². The summed E-state index contributed by atoms with van der Waals surface area (Å²) in [7, 11) is 0. The fourth-order valence-electron chi connectivity index (χ4n) is 4.47. The summed E-state index contributed by atoms with van der Waals surface area (Å²) in [5.41, 5.74) is 0.595. The molecule has 0 bridgehead atoms. The van der Waals surface area contributed by atoms with Crippen LogP contribution in [0.2, 0.25) is 13.3 Å². The van der Waals surface area contributed by atoms with E-state index in [4.69, 9.17) is 4.74 Å². The molecule has 0 spiro atoms. The maximum atomic E-state index is 15.9. The Morgan fingerprint density at radius 1 is 1.15 bits per heavy atom. The zero-order valence-electron chi connectivity index (χ0n) is 21.1. The van der Waals surface area contributed by atoms with Crippen molar-refractivity contribution in [2.75, 3.05) is 18.0 Å². The van der Waals surface area contributed by atoms with Gasteiger partial charge in [-0.1, -0.05) is 0 Å².